The number of carbonyl (C=O) groups is 2. The molecular weight excluding hydrogens is 262 g/mol. The Bertz CT molecular complexity index is 483. The van der Waals surface area contributed by atoms with Crippen LogP contribution in [0.2, 0.25) is 0 Å². The number of urea groups is 1. The molecule has 0 radical (unpaired) electrons. The highest BCUT2D eigenvalue weighted by atomic mass is 16.4. The van der Waals surface area contributed by atoms with E-state index in [1.54, 1.807) is 27.7 Å². The number of hydrogen-bond donors (Lipinski definition) is 3. The third kappa shape index (κ3) is 4.25. The van der Waals surface area contributed by atoms with Gasteiger partial charge in [-0.05, 0) is 19.3 Å². The molecule has 0 saturated carbocycles. The van der Waals surface area contributed by atoms with Gasteiger partial charge >= 0.3 is 12.0 Å². The van der Waals surface area contributed by atoms with Crippen LogP contribution < -0.4 is 10.6 Å². The number of carboxylic acids is 1. The van der Waals surface area contributed by atoms with Crippen molar-refractivity contribution in [1.29, 1.82) is 0 Å². The Kier molecular flexibility index (Phi) is 4.75. The topological polar surface area (TPSA) is 104 Å². The number of rotatable bonds is 4. The molecule has 0 spiro atoms. The number of aromatic nitrogens is 1. The highest BCUT2D eigenvalue weighted by Gasteiger charge is 2.32. The van der Waals surface area contributed by atoms with Gasteiger partial charge in [-0.1, -0.05) is 20.8 Å². The van der Waals surface area contributed by atoms with Crippen molar-refractivity contribution >= 4 is 12.0 Å². The normalized spacial score (nSPS) is 12.8. The van der Waals surface area contributed by atoms with Gasteiger partial charge in [0.15, 0.2) is 0 Å². The molecule has 3 N–H and O–H groups in total. The second-order valence-electron chi connectivity index (χ2n) is 5.71. The van der Waals surface area contributed by atoms with E-state index in [4.69, 9.17) is 9.52 Å². The smallest absolute Gasteiger partial charge is 0.326 e. The highest BCUT2D eigenvalue weighted by molar-refractivity contribution is 5.83. The van der Waals surface area contributed by atoms with Crippen LogP contribution in [0.5, 0.6) is 0 Å². The van der Waals surface area contributed by atoms with Crippen LogP contribution in [0, 0.1) is 19.3 Å². The predicted molar refractivity (Wildman–Crippen MR) is 72.2 cm³/mol. The fourth-order valence-electron chi connectivity index (χ4n) is 1.60. The van der Waals surface area contributed by atoms with Crippen LogP contribution in [0.3, 0.4) is 0 Å². The molecule has 1 heterocycles. The van der Waals surface area contributed by atoms with Crippen LogP contribution in [0.15, 0.2) is 4.42 Å². The van der Waals surface area contributed by atoms with E-state index >= 15 is 0 Å². The number of oxazole rings is 1. The van der Waals surface area contributed by atoms with E-state index in [2.05, 4.69) is 15.6 Å². The van der Waals surface area contributed by atoms with Crippen molar-refractivity contribution in [1.82, 2.24) is 15.6 Å². The molecule has 0 aliphatic heterocycles. The number of nitrogens with zero attached hydrogens (tertiary/aromatic N) is 1. The first-order chi connectivity index (χ1) is 9.11. The number of carbonyl (C=O) groups excluding carboxylic acids is 1. The predicted octanol–water partition coefficient (Wildman–Crippen LogP) is 1.59. The zero-order chi connectivity index (χ0) is 15.5. The lowest BCUT2D eigenvalue weighted by Gasteiger charge is -2.27. The first-order valence-corrected chi connectivity index (χ1v) is 6.31. The van der Waals surface area contributed by atoms with Crippen molar-refractivity contribution in [2.24, 2.45) is 5.41 Å². The summed E-state index contributed by atoms with van der Waals surface area (Å²) < 4.78 is 5.31. The third-order valence-electron chi connectivity index (χ3n) is 2.86. The minimum absolute atomic E-state index is 0.108. The molecule has 0 saturated heterocycles. The summed E-state index contributed by atoms with van der Waals surface area (Å²) in [6.07, 6.45) is 0. The summed E-state index contributed by atoms with van der Waals surface area (Å²) in [6.45, 7) is 8.93. The summed E-state index contributed by atoms with van der Waals surface area (Å²) in [5.74, 6) is 0.00792. The van der Waals surface area contributed by atoms with Crippen LogP contribution in [-0.4, -0.2) is 28.1 Å². The van der Waals surface area contributed by atoms with Gasteiger partial charge in [-0.15, -0.1) is 0 Å². The Morgan fingerprint density at radius 3 is 2.35 bits per heavy atom. The Morgan fingerprint density at radius 2 is 1.95 bits per heavy atom. The number of aliphatic carboxylic acids is 1. The number of nitrogens with one attached hydrogen (secondary N) is 2. The molecule has 7 heteroatoms. The molecule has 0 aliphatic carbocycles. The summed E-state index contributed by atoms with van der Waals surface area (Å²) in [5.41, 5.74) is 0.180. The number of aryl methyl sites for hydroxylation is 2. The molecule has 1 rings (SSSR count). The quantitative estimate of drug-likeness (QED) is 0.778. The van der Waals surface area contributed by atoms with Crippen LogP contribution in [0.4, 0.5) is 4.79 Å². The molecule has 7 nitrogen and oxygen atoms in total. The van der Waals surface area contributed by atoms with E-state index < -0.39 is 23.5 Å². The monoisotopic (exact) mass is 283 g/mol. The zero-order valence-electron chi connectivity index (χ0n) is 12.4. The van der Waals surface area contributed by atoms with Gasteiger partial charge in [-0.3, -0.25) is 0 Å². The molecule has 0 bridgehead atoms. The lowest BCUT2D eigenvalue weighted by molar-refractivity contribution is -0.141. The van der Waals surface area contributed by atoms with Gasteiger partial charge in [-0.2, -0.15) is 0 Å². The van der Waals surface area contributed by atoms with Gasteiger partial charge in [-0.25, -0.2) is 14.6 Å². The average Bonchev–Trinajstić information content (AvgIpc) is 2.61. The lowest BCUT2D eigenvalue weighted by atomic mass is 9.87. The molecule has 1 atom stereocenters. The summed E-state index contributed by atoms with van der Waals surface area (Å²) >= 11 is 0. The van der Waals surface area contributed by atoms with E-state index in [0.29, 0.717) is 11.7 Å². The molecule has 0 fully saturated rings. The largest absolute Gasteiger partial charge is 0.480 e. The van der Waals surface area contributed by atoms with Crippen LogP contribution in [-0.2, 0) is 11.3 Å². The minimum atomic E-state index is -1.07. The van der Waals surface area contributed by atoms with Crippen LogP contribution in [0.1, 0.15) is 38.1 Å². The van der Waals surface area contributed by atoms with Gasteiger partial charge in [0, 0.05) is 0 Å². The van der Waals surface area contributed by atoms with Gasteiger partial charge in [0.05, 0.1) is 12.2 Å². The first-order valence-electron chi connectivity index (χ1n) is 6.31. The molecule has 1 aromatic rings. The molecule has 0 aliphatic rings. The Labute approximate surface area is 117 Å². The average molecular weight is 283 g/mol. The molecule has 1 aromatic heterocycles. The maximum Gasteiger partial charge on any atom is 0.326 e. The zero-order valence-corrected chi connectivity index (χ0v) is 12.4. The molecule has 2 amide bonds. The molecular formula is C13H21N3O4. The van der Waals surface area contributed by atoms with Crippen molar-refractivity contribution < 1.29 is 19.1 Å². The van der Waals surface area contributed by atoms with Gasteiger partial charge in [0.2, 0.25) is 5.89 Å². The molecule has 20 heavy (non-hydrogen) atoms. The van der Waals surface area contributed by atoms with Crippen LogP contribution in [0.25, 0.3) is 0 Å². The Hall–Kier alpha value is -2.05. The van der Waals surface area contributed by atoms with E-state index in [0.717, 1.165) is 5.69 Å². The summed E-state index contributed by atoms with van der Waals surface area (Å²) in [7, 11) is 0. The summed E-state index contributed by atoms with van der Waals surface area (Å²) in [5, 5.41) is 14.1. The minimum Gasteiger partial charge on any atom is -0.480 e. The van der Waals surface area contributed by atoms with Crippen molar-refractivity contribution in [2.75, 3.05) is 0 Å². The van der Waals surface area contributed by atoms with Gasteiger partial charge in [0.1, 0.15) is 11.8 Å². The van der Waals surface area contributed by atoms with Gasteiger partial charge < -0.3 is 20.2 Å². The summed E-state index contributed by atoms with van der Waals surface area (Å²) in [4.78, 5) is 27.0. The molecule has 112 valence electrons. The third-order valence-corrected chi connectivity index (χ3v) is 2.86. The Balaban J connectivity index is 2.56. The second kappa shape index (κ2) is 5.94. The highest BCUT2D eigenvalue weighted by Crippen LogP contribution is 2.19. The van der Waals surface area contributed by atoms with Crippen molar-refractivity contribution in [3.8, 4) is 0 Å². The van der Waals surface area contributed by atoms with E-state index in [1.165, 1.54) is 0 Å². The molecule has 1 unspecified atom stereocenters. The fraction of sp³-hybridized carbons (Fsp3) is 0.615. The van der Waals surface area contributed by atoms with Crippen molar-refractivity contribution in [2.45, 2.75) is 47.2 Å². The standard InChI is InChI=1S/C13H21N3O4/c1-7-8(2)20-9(15-7)6-14-12(19)16-10(11(17)18)13(3,4)5/h10H,6H2,1-5H3,(H,17,18)(H2,14,16,19). The first kappa shape index (κ1) is 16.0. The van der Waals surface area contributed by atoms with Crippen LogP contribution >= 0.6 is 0 Å². The Morgan fingerprint density at radius 1 is 1.35 bits per heavy atom. The lowest BCUT2D eigenvalue weighted by Crippen LogP contribution is -2.52. The summed E-state index contributed by atoms with van der Waals surface area (Å²) in [6, 6.07) is -1.55. The SMILES string of the molecule is Cc1nc(CNC(=O)NC(C(=O)O)C(C)(C)C)oc1C. The number of amides is 2. The van der Waals surface area contributed by atoms with E-state index in [-0.39, 0.29) is 6.54 Å². The maximum absolute atomic E-state index is 11.7. The fourth-order valence-corrected chi connectivity index (χ4v) is 1.60. The van der Waals surface area contributed by atoms with E-state index in [1.807, 2.05) is 6.92 Å². The second-order valence-corrected chi connectivity index (χ2v) is 5.71. The maximum atomic E-state index is 11.7. The van der Waals surface area contributed by atoms with E-state index in [9.17, 15) is 9.59 Å². The number of carboxylic acid groups (broad SMARTS) is 1. The van der Waals surface area contributed by atoms with Crippen molar-refractivity contribution in [3.63, 3.8) is 0 Å². The number of hydrogen-bond acceptors (Lipinski definition) is 4. The van der Waals surface area contributed by atoms with Crippen molar-refractivity contribution in [3.05, 3.63) is 17.3 Å². The van der Waals surface area contributed by atoms with Gasteiger partial charge in [0.25, 0.3) is 0 Å². The molecule has 0 aromatic carbocycles.